The van der Waals surface area contributed by atoms with E-state index in [0.717, 1.165) is 5.56 Å². The van der Waals surface area contributed by atoms with Gasteiger partial charge in [0.1, 0.15) is 5.60 Å². The molecule has 0 bridgehead atoms. The molecule has 0 fully saturated rings. The lowest BCUT2D eigenvalue weighted by Crippen LogP contribution is -2.54. The fourth-order valence-corrected chi connectivity index (χ4v) is 1.47. The highest BCUT2D eigenvalue weighted by molar-refractivity contribution is 5.98. The zero-order chi connectivity index (χ0) is 13.8. The molecule has 0 saturated heterocycles. The van der Waals surface area contributed by atoms with Gasteiger partial charge < -0.3 is 15.3 Å². The summed E-state index contributed by atoms with van der Waals surface area (Å²) in [6.45, 7) is 5.20. The second-order valence-corrected chi connectivity index (χ2v) is 5.32. The highest BCUT2D eigenvalue weighted by Crippen LogP contribution is 2.16. The number of hydrogen-bond acceptors (Lipinski definition) is 4. The molecule has 1 atom stereocenters. The first-order valence-electron chi connectivity index (χ1n) is 5.79. The van der Waals surface area contributed by atoms with Crippen LogP contribution in [-0.2, 0) is 20.7 Å². The van der Waals surface area contributed by atoms with Crippen LogP contribution in [0.15, 0.2) is 30.3 Å². The second kappa shape index (κ2) is 5.31. The van der Waals surface area contributed by atoms with E-state index in [9.17, 15) is 9.59 Å². The van der Waals surface area contributed by atoms with Crippen LogP contribution >= 0.6 is 0 Å². The van der Waals surface area contributed by atoms with Crippen LogP contribution in [0.3, 0.4) is 0 Å². The van der Waals surface area contributed by atoms with E-state index in [-0.39, 0.29) is 6.42 Å². The van der Waals surface area contributed by atoms with Gasteiger partial charge in [0.25, 0.3) is 0 Å². The van der Waals surface area contributed by atoms with Gasteiger partial charge in [0.15, 0.2) is 11.8 Å². The molecule has 0 saturated carbocycles. The molecular formula is C14H19NO3. The number of hydrogen-bond donors (Lipinski definition) is 1. The van der Waals surface area contributed by atoms with Crippen molar-refractivity contribution in [1.29, 1.82) is 0 Å². The summed E-state index contributed by atoms with van der Waals surface area (Å²) in [7, 11) is 0. The minimum Gasteiger partial charge on any atom is -0.458 e. The molecule has 0 heterocycles. The summed E-state index contributed by atoms with van der Waals surface area (Å²) in [6.07, 6.45) is 0.584. The lowest BCUT2D eigenvalue weighted by Gasteiger charge is -2.27. The zero-order valence-electron chi connectivity index (χ0n) is 11.0. The van der Waals surface area contributed by atoms with Gasteiger partial charge in [-0.3, -0.25) is 0 Å². The van der Waals surface area contributed by atoms with Crippen LogP contribution in [0.2, 0.25) is 0 Å². The maximum atomic E-state index is 11.9. The number of rotatable bonds is 4. The Morgan fingerprint density at radius 1 is 1.28 bits per heavy atom. The number of carbonyl (C=O) groups excluding carboxylic acids is 2. The zero-order valence-corrected chi connectivity index (χ0v) is 11.0. The maximum Gasteiger partial charge on any atom is 0.334 e. The number of esters is 1. The summed E-state index contributed by atoms with van der Waals surface area (Å²) >= 11 is 0. The van der Waals surface area contributed by atoms with Crippen LogP contribution in [0.5, 0.6) is 0 Å². The second-order valence-electron chi connectivity index (χ2n) is 5.32. The predicted octanol–water partition coefficient (Wildman–Crippen LogP) is 1.47. The van der Waals surface area contributed by atoms with E-state index in [4.69, 9.17) is 10.5 Å². The molecule has 0 amide bonds. The van der Waals surface area contributed by atoms with Crippen LogP contribution in [0.4, 0.5) is 0 Å². The van der Waals surface area contributed by atoms with Crippen LogP contribution in [0.1, 0.15) is 26.3 Å². The summed E-state index contributed by atoms with van der Waals surface area (Å²) in [6, 6.07) is 9.15. The lowest BCUT2D eigenvalue weighted by atomic mass is 9.93. The van der Waals surface area contributed by atoms with Gasteiger partial charge in [-0.15, -0.1) is 0 Å². The molecule has 0 unspecified atom stereocenters. The molecule has 1 aromatic rings. The van der Waals surface area contributed by atoms with E-state index in [1.807, 2.05) is 30.3 Å². The first-order chi connectivity index (χ1) is 8.27. The Balaban J connectivity index is 2.86. The number of carbonyl (C=O) groups is 2. The fraction of sp³-hybridized carbons (Fsp3) is 0.429. The van der Waals surface area contributed by atoms with E-state index in [2.05, 4.69) is 0 Å². The molecule has 0 spiro atoms. The van der Waals surface area contributed by atoms with Crippen molar-refractivity contribution >= 4 is 12.3 Å². The minimum absolute atomic E-state index is 0.131. The average molecular weight is 249 g/mol. The number of benzene rings is 1. The van der Waals surface area contributed by atoms with E-state index in [1.54, 1.807) is 20.8 Å². The Labute approximate surface area is 107 Å². The van der Waals surface area contributed by atoms with Crippen molar-refractivity contribution in [1.82, 2.24) is 0 Å². The van der Waals surface area contributed by atoms with E-state index in [0.29, 0.717) is 6.29 Å². The highest BCUT2D eigenvalue weighted by atomic mass is 16.6. The Kier molecular flexibility index (Phi) is 4.24. The van der Waals surface area contributed by atoms with Crippen molar-refractivity contribution < 1.29 is 14.3 Å². The van der Waals surface area contributed by atoms with Gasteiger partial charge in [0, 0.05) is 6.42 Å². The standard InChI is InChI=1S/C14H19NO3/c1-13(2,3)18-12(17)14(15,10-16)9-11-7-5-4-6-8-11/h4-8,10H,9,15H2,1-3H3/t14-/m0/s1. The van der Waals surface area contributed by atoms with Gasteiger partial charge in [0.2, 0.25) is 0 Å². The third-order valence-electron chi connectivity index (χ3n) is 2.33. The third-order valence-corrected chi connectivity index (χ3v) is 2.33. The summed E-state index contributed by atoms with van der Waals surface area (Å²) in [5.74, 6) is -0.700. The summed E-state index contributed by atoms with van der Waals surface area (Å²) in [5.41, 5.74) is 4.36. The van der Waals surface area contributed by atoms with Gasteiger partial charge >= 0.3 is 5.97 Å². The third kappa shape index (κ3) is 3.96. The van der Waals surface area contributed by atoms with E-state index < -0.39 is 17.1 Å². The van der Waals surface area contributed by atoms with Gasteiger partial charge in [-0.2, -0.15) is 0 Å². The van der Waals surface area contributed by atoms with Crippen LogP contribution in [-0.4, -0.2) is 23.4 Å². The number of aldehydes is 1. The lowest BCUT2D eigenvalue weighted by molar-refractivity contribution is -0.162. The van der Waals surface area contributed by atoms with Crippen LogP contribution in [0, 0.1) is 0 Å². The fourth-order valence-electron chi connectivity index (χ4n) is 1.47. The molecule has 0 radical (unpaired) electrons. The van der Waals surface area contributed by atoms with Crippen molar-refractivity contribution in [3.05, 3.63) is 35.9 Å². The highest BCUT2D eigenvalue weighted by Gasteiger charge is 2.38. The molecular weight excluding hydrogens is 230 g/mol. The van der Waals surface area contributed by atoms with Gasteiger partial charge in [-0.1, -0.05) is 30.3 Å². The van der Waals surface area contributed by atoms with E-state index >= 15 is 0 Å². The van der Waals surface area contributed by atoms with E-state index in [1.165, 1.54) is 0 Å². The van der Waals surface area contributed by atoms with Crippen molar-refractivity contribution in [2.45, 2.75) is 38.3 Å². The van der Waals surface area contributed by atoms with Crippen LogP contribution in [0.25, 0.3) is 0 Å². The smallest absolute Gasteiger partial charge is 0.334 e. The maximum absolute atomic E-state index is 11.9. The number of ether oxygens (including phenoxy) is 1. The average Bonchev–Trinajstić information content (AvgIpc) is 2.28. The molecule has 1 rings (SSSR count). The van der Waals surface area contributed by atoms with Crippen LogP contribution < -0.4 is 5.73 Å². The Morgan fingerprint density at radius 3 is 2.28 bits per heavy atom. The van der Waals surface area contributed by atoms with Gasteiger partial charge in [0.05, 0.1) is 0 Å². The molecule has 98 valence electrons. The molecule has 0 aliphatic rings. The summed E-state index contributed by atoms with van der Waals surface area (Å²) < 4.78 is 5.17. The molecule has 4 heteroatoms. The molecule has 1 aromatic carbocycles. The quantitative estimate of drug-likeness (QED) is 0.498. The largest absolute Gasteiger partial charge is 0.458 e. The predicted molar refractivity (Wildman–Crippen MR) is 69.0 cm³/mol. The Morgan fingerprint density at radius 2 is 1.83 bits per heavy atom. The van der Waals surface area contributed by atoms with Crippen molar-refractivity contribution in [2.75, 3.05) is 0 Å². The minimum atomic E-state index is -1.63. The molecule has 0 aliphatic heterocycles. The molecule has 2 N–H and O–H groups in total. The first-order valence-corrected chi connectivity index (χ1v) is 5.79. The SMILES string of the molecule is CC(C)(C)OC(=O)[C@@](N)(C=O)Cc1ccccc1. The molecule has 4 nitrogen and oxygen atoms in total. The van der Waals surface area contributed by atoms with Crippen molar-refractivity contribution in [3.8, 4) is 0 Å². The van der Waals surface area contributed by atoms with Crippen molar-refractivity contribution in [2.24, 2.45) is 5.73 Å². The Hall–Kier alpha value is -1.68. The molecule has 18 heavy (non-hydrogen) atoms. The Bertz CT molecular complexity index is 422. The first kappa shape index (κ1) is 14.4. The van der Waals surface area contributed by atoms with Gasteiger partial charge in [-0.25, -0.2) is 4.79 Å². The summed E-state index contributed by atoms with van der Waals surface area (Å²) in [5, 5.41) is 0. The number of nitrogens with two attached hydrogens (primary N) is 1. The normalized spacial score (nSPS) is 14.7. The van der Waals surface area contributed by atoms with Crippen molar-refractivity contribution in [3.63, 3.8) is 0 Å². The van der Waals surface area contributed by atoms with Gasteiger partial charge in [-0.05, 0) is 26.3 Å². The topological polar surface area (TPSA) is 69.4 Å². The monoisotopic (exact) mass is 249 g/mol. The molecule has 0 aliphatic carbocycles. The molecule has 0 aromatic heterocycles. The summed E-state index contributed by atoms with van der Waals surface area (Å²) in [4.78, 5) is 23.1.